The average molecular weight is 356 g/mol. The Labute approximate surface area is 146 Å². The lowest BCUT2D eigenvalue weighted by molar-refractivity contribution is -0.122. The molecule has 1 aromatic carbocycles. The summed E-state index contributed by atoms with van der Waals surface area (Å²) in [5.74, 6) is 1.12. The third-order valence-corrected chi connectivity index (χ3v) is 4.01. The maximum atomic E-state index is 11.9. The van der Waals surface area contributed by atoms with Crippen LogP contribution in [0.1, 0.15) is 18.6 Å². The van der Waals surface area contributed by atoms with E-state index in [1.54, 1.807) is 0 Å². The fraction of sp³-hybridized carbons (Fsp3) is 0.375. The molecule has 1 atom stereocenters. The molecule has 0 spiro atoms. The number of carbonyl (C=O) groups excluding carboxylic acids is 1. The molecule has 23 heavy (non-hydrogen) atoms. The second kappa shape index (κ2) is 8.34. The van der Waals surface area contributed by atoms with Crippen LogP contribution in [-0.2, 0) is 11.3 Å². The first-order chi connectivity index (χ1) is 10.7. The van der Waals surface area contributed by atoms with Crippen molar-refractivity contribution in [2.24, 2.45) is 5.92 Å². The van der Waals surface area contributed by atoms with Gasteiger partial charge in [0.05, 0.1) is 6.54 Å². The zero-order valence-electron chi connectivity index (χ0n) is 12.5. The lowest BCUT2D eigenvalue weighted by atomic mass is 10.0. The van der Waals surface area contributed by atoms with Gasteiger partial charge in [-0.05, 0) is 37.6 Å². The number of aromatic nitrogens is 1. The van der Waals surface area contributed by atoms with Crippen molar-refractivity contribution in [1.29, 1.82) is 0 Å². The molecular formula is C16H19Cl2N3O2. The number of carbonyl (C=O) groups is 1. The van der Waals surface area contributed by atoms with Crippen molar-refractivity contribution >= 4 is 29.9 Å². The molecule has 1 fully saturated rings. The van der Waals surface area contributed by atoms with Crippen molar-refractivity contribution in [3.8, 4) is 11.3 Å². The van der Waals surface area contributed by atoms with E-state index in [9.17, 15) is 4.79 Å². The number of halogens is 2. The molecule has 1 amide bonds. The standard InChI is InChI=1S/C16H18ClN3O2.ClH/c17-13-3-1-2-12(7-13)15-8-14(22-20-15)10-19-16(21)6-11-4-5-18-9-11;/h1-3,7-8,11,18H,4-6,9-10H2,(H,19,21);1H. The first-order valence-electron chi connectivity index (χ1n) is 7.39. The Morgan fingerprint density at radius 2 is 2.30 bits per heavy atom. The molecule has 124 valence electrons. The predicted molar refractivity (Wildman–Crippen MR) is 91.6 cm³/mol. The van der Waals surface area contributed by atoms with Crippen LogP contribution in [0.25, 0.3) is 11.3 Å². The highest BCUT2D eigenvalue weighted by Gasteiger charge is 2.18. The highest BCUT2D eigenvalue weighted by Crippen LogP contribution is 2.22. The minimum atomic E-state index is 0. The highest BCUT2D eigenvalue weighted by molar-refractivity contribution is 6.30. The van der Waals surface area contributed by atoms with E-state index >= 15 is 0 Å². The number of hydrogen-bond acceptors (Lipinski definition) is 4. The van der Waals surface area contributed by atoms with Crippen LogP contribution < -0.4 is 10.6 Å². The number of rotatable bonds is 5. The van der Waals surface area contributed by atoms with Crippen molar-refractivity contribution < 1.29 is 9.32 Å². The Bertz CT molecular complexity index is 654. The van der Waals surface area contributed by atoms with Crippen LogP contribution in [0.5, 0.6) is 0 Å². The summed E-state index contributed by atoms with van der Waals surface area (Å²) in [5.41, 5.74) is 1.61. The number of benzene rings is 1. The van der Waals surface area contributed by atoms with E-state index in [1.807, 2.05) is 30.3 Å². The number of amides is 1. The molecule has 2 aromatic rings. The SMILES string of the molecule is Cl.O=C(CC1CCNC1)NCc1cc(-c2cccc(Cl)c2)no1. The van der Waals surface area contributed by atoms with Gasteiger partial charge in [0.15, 0.2) is 5.76 Å². The molecule has 1 aliphatic heterocycles. The summed E-state index contributed by atoms with van der Waals surface area (Å²) < 4.78 is 5.26. The Balaban J connectivity index is 0.00000192. The average Bonchev–Trinajstić information content (AvgIpc) is 3.16. The van der Waals surface area contributed by atoms with E-state index < -0.39 is 0 Å². The van der Waals surface area contributed by atoms with Crippen molar-refractivity contribution in [3.63, 3.8) is 0 Å². The molecule has 0 saturated carbocycles. The van der Waals surface area contributed by atoms with Gasteiger partial charge in [-0.3, -0.25) is 4.79 Å². The van der Waals surface area contributed by atoms with Gasteiger partial charge in [-0.1, -0.05) is 28.9 Å². The topological polar surface area (TPSA) is 67.2 Å². The minimum absolute atomic E-state index is 0. The van der Waals surface area contributed by atoms with Crippen LogP contribution in [0, 0.1) is 5.92 Å². The monoisotopic (exact) mass is 355 g/mol. The van der Waals surface area contributed by atoms with Crippen LogP contribution in [-0.4, -0.2) is 24.2 Å². The molecule has 0 aliphatic carbocycles. The smallest absolute Gasteiger partial charge is 0.220 e. The highest BCUT2D eigenvalue weighted by atomic mass is 35.5. The fourth-order valence-corrected chi connectivity index (χ4v) is 2.78. The summed E-state index contributed by atoms with van der Waals surface area (Å²) >= 11 is 5.96. The van der Waals surface area contributed by atoms with Gasteiger partial charge >= 0.3 is 0 Å². The second-order valence-corrected chi connectivity index (χ2v) is 5.96. The summed E-state index contributed by atoms with van der Waals surface area (Å²) in [6.07, 6.45) is 1.62. The molecule has 1 unspecified atom stereocenters. The molecule has 0 bridgehead atoms. The van der Waals surface area contributed by atoms with Gasteiger partial charge in [0.25, 0.3) is 0 Å². The molecule has 5 nitrogen and oxygen atoms in total. The van der Waals surface area contributed by atoms with E-state index in [2.05, 4.69) is 15.8 Å². The number of nitrogens with one attached hydrogen (secondary N) is 2. The molecule has 0 radical (unpaired) electrons. The van der Waals surface area contributed by atoms with Gasteiger partial charge in [-0.15, -0.1) is 12.4 Å². The Hall–Kier alpha value is -1.56. The van der Waals surface area contributed by atoms with E-state index in [0.717, 1.165) is 25.1 Å². The van der Waals surface area contributed by atoms with Gasteiger partial charge in [0.1, 0.15) is 5.69 Å². The molecule has 3 rings (SSSR count). The second-order valence-electron chi connectivity index (χ2n) is 5.53. The number of hydrogen-bond donors (Lipinski definition) is 2. The van der Waals surface area contributed by atoms with Crippen molar-refractivity contribution in [2.45, 2.75) is 19.4 Å². The summed E-state index contributed by atoms with van der Waals surface area (Å²) in [4.78, 5) is 11.9. The summed E-state index contributed by atoms with van der Waals surface area (Å²) in [6.45, 7) is 2.28. The van der Waals surface area contributed by atoms with Gasteiger partial charge < -0.3 is 15.2 Å². The molecular weight excluding hydrogens is 337 g/mol. The Kier molecular flexibility index (Phi) is 6.45. The Morgan fingerprint density at radius 3 is 3.04 bits per heavy atom. The minimum Gasteiger partial charge on any atom is -0.359 e. The summed E-state index contributed by atoms with van der Waals surface area (Å²) in [6, 6.07) is 9.24. The quantitative estimate of drug-likeness (QED) is 0.864. The van der Waals surface area contributed by atoms with Crippen LogP contribution in [0.2, 0.25) is 5.02 Å². The van der Waals surface area contributed by atoms with Gasteiger partial charge in [-0.2, -0.15) is 0 Å². The van der Waals surface area contributed by atoms with Crippen LogP contribution in [0.3, 0.4) is 0 Å². The molecule has 1 aliphatic rings. The van der Waals surface area contributed by atoms with E-state index in [4.69, 9.17) is 16.1 Å². The normalized spacial score (nSPS) is 16.8. The van der Waals surface area contributed by atoms with Crippen LogP contribution in [0.4, 0.5) is 0 Å². The summed E-state index contributed by atoms with van der Waals surface area (Å²) in [5, 5.41) is 10.8. The first kappa shape index (κ1) is 17.8. The zero-order chi connectivity index (χ0) is 15.4. The van der Waals surface area contributed by atoms with Crippen molar-refractivity contribution in [1.82, 2.24) is 15.8 Å². The molecule has 7 heteroatoms. The molecule has 2 N–H and O–H groups in total. The van der Waals surface area contributed by atoms with Crippen molar-refractivity contribution in [3.05, 3.63) is 41.1 Å². The maximum absolute atomic E-state index is 11.9. The van der Waals surface area contributed by atoms with Gasteiger partial charge in [0.2, 0.25) is 5.91 Å². The third-order valence-electron chi connectivity index (χ3n) is 3.78. The van der Waals surface area contributed by atoms with Gasteiger partial charge in [-0.25, -0.2) is 0 Å². The van der Waals surface area contributed by atoms with Gasteiger partial charge in [0, 0.05) is 23.1 Å². The van der Waals surface area contributed by atoms with Crippen LogP contribution in [0.15, 0.2) is 34.9 Å². The number of nitrogens with zero attached hydrogens (tertiary/aromatic N) is 1. The Morgan fingerprint density at radius 1 is 1.43 bits per heavy atom. The third kappa shape index (κ3) is 4.96. The van der Waals surface area contributed by atoms with E-state index in [1.165, 1.54) is 0 Å². The summed E-state index contributed by atoms with van der Waals surface area (Å²) in [7, 11) is 0. The van der Waals surface area contributed by atoms with E-state index in [0.29, 0.717) is 35.4 Å². The molecule has 1 aromatic heterocycles. The van der Waals surface area contributed by atoms with E-state index in [-0.39, 0.29) is 18.3 Å². The van der Waals surface area contributed by atoms with Crippen molar-refractivity contribution in [2.75, 3.05) is 13.1 Å². The molecule has 1 saturated heterocycles. The largest absolute Gasteiger partial charge is 0.359 e. The zero-order valence-corrected chi connectivity index (χ0v) is 14.1. The fourth-order valence-electron chi connectivity index (χ4n) is 2.59. The lowest BCUT2D eigenvalue weighted by Gasteiger charge is -2.07. The predicted octanol–water partition coefficient (Wildman–Crippen LogP) is 3.03. The first-order valence-corrected chi connectivity index (χ1v) is 7.77. The molecule has 2 heterocycles. The van der Waals surface area contributed by atoms with Crippen LogP contribution >= 0.6 is 24.0 Å². The lowest BCUT2D eigenvalue weighted by Crippen LogP contribution is -2.25. The maximum Gasteiger partial charge on any atom is 0.220 e.